The first-order chi connectivity index (χ1) is 10.4. The second-order valence-corrected chi connectivity index (χ2v) is 7.20. The summed E-state index contributed by atoms with van der Waals surface area (Å²) in [4.78, 5) is 14.3. The van der Waals surface area contributed by atoms with Gasteiger partial charge >= 0.3 is 6.09 Å². The van der Waals surface area contributed by atoms with Gasteiger partial charge in [-0.15, -0.1) is 0 Å². The number of unbranched alkanes of at least 4 members (excludes halogenated alkanes) is 3. The van der Waals surface area contributed by atoms with Gasteiger partial charge in [-0.25, -0.2) is 4.79 Å². The van der Waals surface area contributed by atoms with E-state index < -0.39 is 5.60 Å². The summed E-state index contributed by atoms with van der Waals surface area (Å²) < 4.78 is 5.56. The lowest BCUT2D eigenvalue weighted by molar-refractivity contribution is 0.0582. The van der Waals surface area contributed by atoms with Crippen LogP contribution in [0.5, 0.6) is 0 Å². The third kappa shape index (κ3) is 4.25. The molecule has 122 valence electrons. The van der Waals surface area contributed by atoms with Crippen molar-refractivity contribution in [2.75, 3.05) is 11.4 Å². The number of hydrogen-bond acceptors (Lipinski definition) is 2. The summed E-state index contributed by atoms with van der Waals surface area (Å²) in [6.45, 7) is 8.72. The molecule has 1 aromatic carbocycles. The topological polar surface area (TPSA) is 29.5 Å². The molecule has 1 heterocycles. The molecular weight excluding hydrogens is 274 g/mol. The van der Waals surface area contributed by atoms with Crippen LogP contribution in [-0.2, 0) is 4.74 Å². The molecule has 0 aromatic heterocycles. The van der Waals surface area contributed by atoms with Crippen LogP contribution in [0.15, 0.2) is 24.3 Å². The van der Waals surface area contributed by atoms with Crippen molar-refractivity contribution < 1.29 is 9.53 Å². The molecule has 3 heteroatoms. The van der Waals surface area contributed by atoms with Crippen LogP contribution in [0.1, 0.15) is 71.3 Å². The molecule has 1 aliphatic heterocycles. The van der Waals surface area contributed by atoms with E-state index in [1.807, 2.05) is 37.8 Å². The van der Waals surface area contributed by atoms with E-state index in [0.717, 1.165) is 18.7 Å². The number of fused-ring (bicyclic) bond motifs is 1. The average molecular weight is 303 g/mol. The highest BCUT2D eigenvalue weighted by atomic mass is 16.6. The molecule has 0 aliphatic carbocycles. The molecule has 1 aromatic rings. The summed E-state index contributed by atoms with van der Waals surface area (Å²) in [6, 6.07) is 8.25. The highest BCUT2D eigenvalue weighted by Crippen LogP contribution is 2.39. The molecule has 0 saturated heterocycles. The summed E-state index contributed by atoms with van der Waals surface area (Å²) >= 11 is 0. The van der Waals surface area contributed by atoms with E-state index in [2.05, 4.69) is 19.1 Å². The maximum atomic E-state index is 12.4. The van der Waals surface area contributed by atoms with Crippen LogP contribution in [0.4, 0.5) is 10.5 Å². The highest BCUT2D eigenvalue weighted by molar-refractivity contribution is 5.91. The fourth-order valence-corrected chi connectivity index (χ4v) is 3.05. The number of amides is 1. The van der Waals surface area contributed by atoms with Crippen LogP contribution in [-0.4, -0.2) is 18.2 Å². The lowest BCUT2D eigenvalue weighted by atomic mass is 9.95. The van der Waals surface area contributed by atoms with Crippen molar-refractivity contribution in [3.8, 4) is 0 Å². The number of rotatable bonds is 5. The number of carbonyl (C=O) groups is 1. The van der Waals surface area contributed by atoms with Crippen LogP contribution in [0, 0.1) is 0 Å². The van der Waals surface area contributed by atoms with Gasteiger partial charge in [0.25, 0.3) is 0 Å². The van der Waals surface area contributed by atoms with Gasteiger partial charge in [-0.3, -0.25) is 4.90 Å². The maximum Gasteiger partial charge on any atom is 0.414 e. The van der Waals surface area contributed by atoms with Crippen LogP contribution >= 0.6 is 0 Å². The summed E-state index contributed by atoms with van der Waals surface area (Å²) in [5, 5.41) is 0. The third-order valence-corrected chi connectivity index (χ3v) is 4.09. The van der Waals surface area contributed by atoms with Gasteiger partial charge in [0.15, 0.2) is 0 Å². The van der Waals surface area contributed by atoms with Crippen molar-refractivity contribution in [3.63, 3.8) is 0 Å². The molecule has 1 amide bonds. The lowest BCUT2D eigenvalue weighted by Gasteiger charge is -2.25. The predicted octanol–water partition coefficient (Wildman–Crippen LogP) is 5.50. The zero-order valence-corrected chi connectivity index (χ0v) is 14.4. The lowest BCUT2D eigenvalue weighted by Crippen LogP contribution is -2.36. The molecular formula is C19H29NO2. The molecule has 1 aliphatic rings. The third-order valence-electron chi connectivity index (χ3n) is 4.09. The van der Waals surface area contributed by atoms with Crippen LogP contribution in [0.25, 0.3) is 0 Å². The zero-order valence-electron chi connectivity index (χ0n) is 14.4. The van der Waals surface area contributed by atoms with Crippen LogP contribution in [0.3, 0.4) is 0 Å². The van der Waals surface area contributed by atoms with E-state index in [-0.39, 0.29) is 6.09 Å². The van der Waals surface area contributed by atoms with Gasteiger partial charge in [-0.2, -0.15) is 0 Å². The molecule has 3 nitrogen and oxygen atoms in total. The van der Waals surface area contributed by atoms with Crippen molar-refractivity contribution in [1.82, 2.24) is 0 Å². The highest BCUT2D eigenvalue weighted by Gasteiger charge is 2.34. The monoisotopic (exact) mass is 303 g/mol. The molecule has 2 rings (SSSR count). The average Bonchev–Trinajstić information content (AvgIpc) is 2.81. The number of benzene rings is 1. The van der Waals surface area contributed by atoms with Gasteiger partial charge in [-0.1, -0.05) is 50.8 Å². The normalized spacial score (nSPS) is 17.5. The van der Waals surface area contributed by atoms with Gasteiger partial charge < -0.3 is 4.74 Å². The predicted molar refractivity (Wildman–Crippen MR) is 91.5 cm³/mol. The Balaban J connectivity index is 2.06. The Labute approximate surface area is 134 Å². The number of anilines is 1. The van der Waals surface area contributed by atoms with Crippen molar-refractivity contribution in [2.45, 2.75) is 71.3 Å². The SMILES string of the molecule is CCCCCCC1CN(C(=O)OC(C)(C)C)c2ccccc21. The van der Waals surface area contributed by atoms with E-state index in [0.29, 0.717) is 5.92 Å². The van der Waals surface area contributed by atoms with Gasteiger partial charge in [0.05, 0.1) is 5.69 Å². The zero-order chi connectivity index (χ0) is 16.2. The van der Waals surface area contributed by atoms with Crippen molar-refractivity contribution in [3.05, 3.63) is 29.8 Å². The Kier molecular flexibility index (Phi) is 5.49. The molecule has 0 radical (unpaired) electrons. The maximum absolute atomic E-state index is 12.4. The Hall–Kier alpha value is -1.51. The van der Waals surface area contributed by atoms with Gasteiger partial charge in [0, 0.05) is 12.5 Å². The summed E-state index contributed by atoms with van der Waals surface area (Å²) in [5.74, 6) is 0.445. The molecule has 0 saturated carbocycles. The smallest absolute Gasteiger partial charge is 0.414 e. The largest absolute Gasteiger partial charge is 0.443 e. The van der Waals surface area contributed by atoms with Gasteiger partial charge in [-0.05, 0) is 38.8 Å². The number of hydrogen-bond donors (Lipinski definition) is 0. The minimum atomic E-state index is -0.453. The second kappa shape index (κ2) is 7.17. The quantitative estimate of drug-likeness (QED) is 0.673. The van der Waals surface area contributed by atoms with E-state index >= 15 is 0 Å². The Morgan fingerprint density at radius 2 is 1.95 bits per heavy atom. The summed E-state index contributed by atoms with van der Waals surface area (Å²) in [5.41, 5.74) is 1.87. The minimum Gasteiger partial charge on any atom is -0.443 e. The molecule has 0 spiro atoms. The van der Waals surface area contributed by atoms with Gasteiger partial charge in [0.1, 0.15) is 5.60 Å². The minimum absolute atomic E-state index is 0.226. The fourth-order valence-electron chi connectivity index (χ4n) is 3.05. The standard InChI is InChI=1S/C19H29NO2/c1-5-6-7-8-11-15-14-20(18(21)22-19(2,3)4)17-13-10-9-12-16(15)17/h9-10,12-13,15H,5-8,11,14H2,1-4H3. The van der Waals surface area contributed by atoms with Crippen molar-refractivity contribution in [1.29, 1.82) is 0 Å². The Morgan fingerprint density at radius 3 is 2.64 bits per heavy atom. The van der Waals surface area contributed by atoms with Crippen molar-refractivity contribution in [2.24, 2.45) is 0 Å². The molecule has 0 bridgehead atoms. The first kappa shape index (κ1) is 16.9. The fraction of sp³-hybridized carbons (Fsp3) is 0.632. The molecule has 22 heavy (non-hydrogen) atoms. The number of para-hydroxylation sites is 1. The molecule has 1 unspecified atom stereocenters. The molecule has 1 atom stereocenters. The Morgan fingerprint density at radius 1 is 1.23 bits per heavy atom. The first-order valence-corrected chi connectivity index (χ1v) is 8.52. The van der Waals surface area contributed by atoms with E-state index in [4.69, 9.17) is 4.74 Å². The Bertz CT molecular complexity index is 504. The van der Waals surface area contributed by atoms with Crippen LogP contribution in [0.2, 0.25) is 0 Å². The second-order valence-electron chi connectivity index (χ2n) is 7.20. The summed E-state index contributed by atoms with van der Waals surface area (Å²) in [7, 11) is 0. The number of nitrogens with zero attached hydrogens (tertiary/aromatic N) is 1. The van der Waals surface area contributed by atoms with E-state index in [1.165, 1.54) is 31.2 Å². The summed E-state index contributed by atoms with van der Waals surface area (Å²) in [6.07, 6.45) is 5.98. The molecule has 0 N–H and O–H groups in total. The van der Waals surface area contributed by atoms with E-state index in [9.17, 15) is 4.79 Å². The van der Waals surface area contributed by atoms with E-state index in [1.54, 1.807) is 0 Å². The van der Waals surface area contributed by atoms with Gasteiger partial charge in [0.2, 0.25) is 0 Å². The van der Waals surface area contributed by atoms with Crippen LogP contribution < -0.4 is 4.90 Å². The number of ether oxygens (including phenoxy) is 1. The number of carbonyl (C=O) groups excluding carboxylic acids is 1. The van der Waals surface area contributed by atoms with Crippen molar-refractivity contribution >= 4 is 11.8 Å². The molecule has 0 fully saturated rings. The first-order valence-electron chi connectivity index (χ1n) is 8.52.